The minimum Gasteiger partial charge on any atom is -0.494 e. The molecule has 1 N–H and O–H groups in total. The molecule has 20 heavy (non-hydrogen) atoms. The average Bonchev–Trinajstić information content (AvgIpc) is 2.39. The molecule has 1 saturated carbocycles. The van der Waals surface area contributed by atoms with Crippen LogP contribution in [-0.2, 0) is 5.60 Å². The van der Waals surface area contributed by atoms with Crippen molar-refractivity contribution in [3.63, 3.8) is 0 Å². The highest BCUT2D eigenvalue weighted by Crippen LogP contribution is 2.49. The molecule has 2 rings (SSSR count). The second-order valence-electron chi connectivity index (χ2n) is 7.05. The standard InChI is InChI=1S/C18H28O2/c1-5-20-15-11-9-14(10-12-15)18(19)13-7-6-8-16(18)17(2,3)4/h9-12,16,19H,5-8,13H2,1-4H3. The molecular formula is C18H28O2. The van der Waals surface area contributed by atoms with E-state index in [4.69, 9.17) is 4.74 Å². The van der Waals surface area contributed by atoms with Gasteiger partial charge in [-0.2, -0.15) is 0 Å². The van der Waals surface area contributed by atoms with Crippen molar-refractivity contribution >= 4 is 0 Å². The molecule has 0 aliphatic heterocycles. The van der Waals surface area contributed by atoms with Gasteiger partial charge in [0.05, 0.1) is 12.2 Å². The third-order valence-corrected chi connectivity index (χ3v) is 4.59. The van der Waals surface area contributed by atoms with Crippen LogP contribution in [0.1, 0.15) is 58.9 Å². The highest BCUT2D eigenvalue weighted by Gasteiger charge is 2.45. The highest BCUT2D eigenvalue weighted by molar-refractivity contribution is 5.32. The summed E-state index contributed by atoms with van der Waals surface area (Å²) < 4.78 is 5.49. The lowest BCUT2D eigenvalue weighted by Crippen LogP contribution is -2.44. The Hall–Kier alpha value is -1.02. The van der Waals surface area contributed by atoms with E-state index < -0.39 is 5.60 Å². The lowest BCUT2D eigenvalue weighted by molar-refractivity contribution is -0.0959. The minimum absolute atomic E-state index is 0.119. The van der Waals surface area contributed by atoms with Crippen molar-refractivity contribution in [3.05, 3.63) is 29.8 Å². The molecule has 0 radical (unpaired) electrons. The van der Waals surface area contributed by atoms with Gasteiger partial charge >= 0.3 is 0 Å². The molecule has 0 saturated heterocycles. The van der Waals surface area contributed by atoms with E-state index in [0.29, 0.717) is 12.5 Å². The van der Waals surface area contributed by atoms with Gasteiger partial charge in [-0.15, -0.1) is 0 Å². The summed E-state index contributed by atoms with van der Waals surface area (Å²) in [7, 11) is 0. The van der Waals surface area contributed by atoms with Crippen LogP contribution in [0.15, 0.2) is 24.3 Å². The summed E-state index contributed by atoms with van der Waals surface area (Å²) in [5, 5.41) is 11.3. The molecule has 0 spiro atoms. The Bertz CT molecular complexity index is 430. The van der Waals surface area contributed by atoms with Crippen LogP contribution in [0.3, 0.4) is 0 Å². The van der Waals surface area contributed by atoms with E-state index in [9.17, 15) is 5.11 Å². The van der Waals surface area contributed by atoms with Crippen molar-refractivity contribution in [2.24, 2.45) is 11.3 Å². The molecule has 0 aromatic heterocycles. The largest absolute Gasteiger partial charge is 0.494 e. The smallest absolute Gasteiger partial charge is 0.119 e. The Morgan fingerprint density at radius 1 is 1.20 bits per heavy atom. The number of hydrogen-bond donors (Lipinski definition) is 1. The predicted molar refractivity (Wildman–Crippen MR) is 82.9 cm³/mol. The van der Waals surface area contributed by atoms with Crippen LogP contribution in [0.5, 0.6) is 5.75 Å². The van der Waals surface area contributed by atoms with Gasteiger partial charge in [-0.05, 0) is 48.8 Å². The Labute approximate surface area is 123 Å². The first-order valence-electron chi connectivity index (χ1n) is 7.83. The minimum atomic E-state index is -0.693. The first-order chi connectivity index (χ1) is 9.38. The third kappa shape index (κ3) is 3.01. The number of ether oxygens (including phenoxy) is 1. The van der Waals surface area contributed by atoms with Gasteiger partial charge in [-0.3, -0.25) is 0 Å². The van der Waals surface area contributed by atoms with E-state index in [1.54, 1.807) is 0 Å². The topological polar surface area (TPSA) is 29.5 Å². The molecule has 1 fully saturated rings. The summed E-state index contributed by atoms with van der Waals surface area (Å²) in [6.07, 6.45) is 4.30. The molecule has 1 aromatic carbocycles. The maximum Gasteiger partial charge on any atom is 0.119 e. The summed E-state index contributed by atoms with van der Waals surface area (Å²) >= 11 is 0. The maximum absolute atomic E-state index is 11.3. The molecule has 2 nitrogen and oxygen atoms in total. The lowest BCUT2D eigenvalue weighted by Gasteiger charge is -2.47. The van der Waals surface area contributed by atoms with Crippen LogP contribution < -0.4 is 4.74 Å². The lowest BCUT2D eigenvalue weighted by atomic mass is 9.61. The van der Waals surface area contributed by atoms with Gasteiger partial charge in [0, 0.05) is 0 Å². The van der Waals surface area contributed by atoms with Crippen molar-refractivity contribution in [1.29, 1.82) is 0 Å². The van der Waals surface area contributed by atoms with E-state index in [0.717, 1.165) is 30.6 Å². The molecule has 2 atom stereocenters. The summed E-state index contributed by atoms with van der Waals surface area (Å²) in [6, 6.07) is 8.03. The van der Waals surface area contributed by atoms with Crippen LogP contribution in [-0.4, -0.2) is 11.7 Å². The Balaban J connectivity index is 2.30. The number of benzene rings is 1. The number of rotatable bonds is 3. The van der Waals surface area contributed by atoms with E-state index in [-0.39, 0.29) is 5.41 Å². The normalized spacial score (nSPS) is 27.4. The maximum atomic E-state index is 11.3. The van der Waals surface area contributed by atoms with Crippen LogP contribution in [0.2, 0.25) is 0 Å². The van der Waals surface area contributed by atoms with E-state index in [1.807, 2.05) is 31.2 Å². The fourth-order valence-corrected chi connectivity index (χ4v) is 3.66. The molecule has 1 aromatic rings. The van der Waals surface area contributed by atoms with Crippen molar-refractivity contribution in [2.75, 3.05) is 6.61 Å². The second kappa shape index (κ2) is 5.77. The monoisotopic (exact) mass is 276 g/mol. The van der Waals surface area contributed by atoms with E-state index in [2.05, 4.69) is 20.8 Å². The Kier molecular flexibility index (Phi) is 4.43. The van der Waals surface area contributed by atoms with Crippen molar-refractivity contribution < 1.29 is 9.84 Å². The molecule has 0 bridgehead atoms. The van der Waals surface area contributed by atoms with Crippen LogP contribution in [0.4, 0.5) is 0 Å². The quantitative estimate of drug-likeness (QED) is 0.880. The molecule has 2 heteroatoms. The molecule has 0 amide bonds. The SMILES string of the molecule is CCOc1ccc(C2(O)CCCCC2C(C)(C)C)cc1. The molecule has 1 aliphatic carbocycles. The first kappa shape index (κ1) is 15.4. The molecular weight excluding hydrogens is 248 g/mol. The van der Waals surface area contributed by atoms with Gasteiger partial charge in [0.25, 0.3) is 0 Å². The third-order valence-electron chi connectivity index (χ3n) is 4.59. The summed E-state index contributed by atoms with van der Waals surface area (Å²) in [5.41, 5.74) is 0.468. The van der Waals surface area contributed by atoms with E-state index in [1.165, 1.54) is 6.42 Å². The Morgan fingerprint density at radius 3 is 2.40 bits per heavy atom. The van der Waals surface area contributed by atoms with Crippen molar-refractivity contribution in [1.82, 2.24) is 0 Å². The summed E-state index contributed by atoms with van der Waals surface area (Å²) in [5.74, 6) is 1.18. The van der Waals surface area contributed by atoms with Gasteiger partial charge in [-0.1, -0.05) is 45.7 Å². The van der Waals surface area contributed by atoms with Crippen LogP contribution in [0, 0.1) is 11.3 Å². The second-order valence-corrected chi connectivity index (χ2v) is 7.05. The van der Waals surface area contributed by atoms with Crippen LogP contribution in [0.25, 0.3) is 0 Å². The highest BCUT2D eigenvalue weighted by atomic mass is 16.5. The van der Waals surface area contributed by atoms with Gasteiger partial charge < -0.3 is 9.84 Å². The molecule has 2 unspecified atom stereocenters. The fraction of sp³-hybridized carbons (Fsp3) is 0.667. The number of aliphatic hydroxyl groups is 1. The molecule has 0 heterocycles. The van der Waals surface area contributed by atoms with E-state index >= 15 is 0 Å². The Morgan fingerprint density at radius 2 is 1.85 bits per heavy atom. The van der Waals surface area contributed by atoms with Crippen LogP contribution >= 0.6 is 0 Å². The molecule has 112 valence electrons. The van der Waals surface area contributed by atoms with Gasteiger partial charge in [0.1, 0.15) is 5.75 Å². The van der Waals surface area contributed by atoms with Crippen molar-refractivity contribution in [2.45, 2.75) is 59.0 Å². The van der Waals surface area contributed by atoms with Crippen molar-refractivity contribution in [3.8, 4) is 5.75 Å². The van der Waals surface area contributed by atoms with Gasteiger partial charge in [0.2, 0.25) is 0 Å². The zero-order chi connectivity index (χ0) is 14.8. The fourth-order valence-electron chi connectivity index (χ4n) is 3.66. The zero-order valence-electron chi connectivity index (χ0n) is 13.3. The van der Waals surface area contributed by atoms with Gasteiger partial charge in [0.15, 0.2) is 0 Å². The first-order valence-corrected chi connectivity index (χ1v) is 7.83. The predicted octanol–water partition coefficient (Wildman–Crippen LogP) is 4.51. The number of hydrogen-bond acceptors (Lipinski definition) is 2. The zero-order valence-corrected chi connectivity index (χ0v) is 13.3. The average molecular weight is 276 g/mol. The van der Waals surface area contributed by atoms with Gasteiger partial charge in [-0.25, -0.2) is 0 Å². The summed E-state index contributed by atoms with van der Waals surface area (Å²) in [6.45, 7) is 9.38. The summed E-state index contributed by atoms with van der Waals surface area (Å²) in [4.78, 5) is 0. The molecule has 1 aliphatic rings.